The van der Waals surface area contributed by atoms with Crippen LogP contribution in [0.4, 0.5) is 14.9 Å². The van der Waals surface area contributed by atoms with E-state index in [9.17, 15) is 14.4 Å². The summed E-state index contributed by atoms with van der Waals surface area (Å²) >= 11 is 0. The predicted octanol–water partition coefficient (Wildman–Crippen LogP) is 6.06. The fourth-order valence-corrected chi connectivity index (χ4v) is 7.26. The summed E-state index contributed by atoms with van der Waals surface area (Å²) < 4.78 is 36.3. The lowest BCUT2D eigenvalue weighted by Gasteiger charge is -2.29. The average molecular weight is 668 g/mol. The number of fused-ring (bicyclic) bond motifs is 5. The first-order chi connectivity index (χ1) is 23.5. The van der Waals surface area contributed by atoms with Crippen LogP contribution in [-0.4, -0.2) is 72.4 Å². The van der Waals surface area contributed by atoms with Crippen LogP contribution in [0.25, 0.3) is 38.5 Å². The van der Waals surface area contributed by atoms with Crippen LogP contribution in [-0.2, 0) is 4.74 Å². The molecule has 5 heterocycles. The van der Waals surface area contributed by atoms with Gasteiger partial charge in [-0.1, -0.05) is 18.2 Å². The molecule has 0 saturated carbocycles. The normalized spacial score (nSPS) is 17.5. The Balaban J connectivity index is 1.23. The Morgan fingerprint density at radius 1 is 1.02 bits per heavy atom. The van der Waals surface area contributed by atoms with Gasteiger partial charge in [-0.05, 0) is 71.3 Å². The first-order valence-electron chi connectivity index (χ1n) is 16.8. The highest BCUT2D eigenvalue weighted by molar-refractivity contribution is 6.07. The van der Waals surface area contributed by atoms with Crippen molar-refractivity contribution in [3.8, 4) is 17.2 Å². The molecule has 2 aromatic heterocycles. The number of furan rings is 1. The Hall–Kier alpha value is -5.10. The van der Waals surface area contributed by atoms with Gasteiger partial charge in [0, 0.05) is 49.2 Å². The molecule has 49 heavy (non-hydrogen) atoms. The third-order valence-corrected chi connectivity index (χ3v) is 9.48. The third kappa shape index (κ3) is 5.63. The van der Waals surface area contributed by atoms with E-state index in [0.717, 1.165) is 36.7 Å². The Kier molecular flexibility index (Phi) is 7.51. The number of halogens is 1. The van der Waals surface area contributed by atoms with Crippen LogP contribution >= 0.6 is 0 Å². The molecule has 5 aromatic rings. The molecule has 0 bridgehead atoms. The molecule has 11 nitrogen and oxygen atoms in total. The summed E-state index contributed by atoms with van der Waals surface area (Å²) in [5.74, 6) is -0.583. The molecule has 2 amide bonds. The molecule has 1 unspecified atom stereocenters. The van der Waals surface area contributed by atoms with Crippen molar-refractivity contribution in [3.63, 3.8) is 0 Å². The number of anilines is 1. The zero-order valence-corrected chi connectivity index (χ0v) is 27.7. The number of rotatable bonds is 6. The maximum absolute atomic E-state index is 16.4. The lowest BCUT2D eigenvalue weighted by Crippen LogP contribution is -2.40. The molecule has 3 aromatic carbocycles. The summed E-state index contributed by atoms with van der Waals surface area (Å²) in [6.07, 6.45) is 3.81. The summed E-state index contributed by atoms with van der Waals surface area (Å²) in [5.41, 5.74) is 1.06. The van der Waals surface area contributed by atoms with Gasteiger partial charge >= 0.3 is 6.09 Å². The van der Waals surface area contributed by atoms with Gasteiger partial charge in [0.25, 0.3) is 5.91 Å². The fourth-order valence-electron chi connectivity index (χ4n) is 7.26. The molecular formula is C37H38FN5O6. The molecule has 2 saturated heterocycles. The van der Waals surface area contributed by atoms with Crippen LogP contribution in [0.5, 0.6) is 11.5 Å². The molecule has 12 heteroatoms. The Morgan fingerprint density at radius 3 is 2.61 bits per heavy atom. The van der Waals surface area contributed by atoms with Crippen molar-refractivity contribution in [2.24, 2.45) is 0 Å². The summed E-state index contributed by atoms with van der Waals surface area (Å²) in [6, 6.07) is 12.2. The largest absolute Gasteiger partial charge is 0.456 e. The van der Waals surface area contributed by atoms with Gasteiger partial charge in [0.2, 0.25) is 5.43 Å². The molecule has 3 aliphatic heterocycles. The summed E-state index contributed by atoms with van der Waals surface area (Å²) in [6.45, 7) is 9.17. The van der Waals surface area contributed by atoms with Crippen molar-refractivity contribution < 1.29 is 27.9 Å². The lowest BCUT2D eigenvalue weighted by atomic mass is 10.0. The van der Waals surface area contributed by atoms with Crippen LogP contribution in [0.2, 0.25) is 0 Å². The molecule has 254 valence electrons. The molecule has 0 aliphatic carbocycles. The van der Waals surface area contributed by atoms with E-state index in [2.05, 4.69) is 15.5 Å². The Morgan fingerprint density at radius 2 is 1.82 bits per heavy atom. The molecule has 3 aliphatic rings. The zero-order chi connectivity index (χ0) is 34.0. The number of nitrogens with one attached hydrogen (secondary N) is 2. The lowest BCUT2D eigenvalue weighted by molar-refractivity contribution is 0.0508. The SMILES string of the molecule is CC(C)(C)OC(=O)NC1CCN(c2c(F)cc3c(=O)c(C(=O)NCCN4CCCC4)cn4c3c2Oc2cc3c(cc2-4)oc2ccccc23)C1. The van der Waals surface area contributed by atoms with Gasteiger partial charge in [0.05, 0.1) is 17.1 Å². The quantitative estimate of drug-likeness (QED) is 0.220. The molecule has 1 atom stereocenters. The molecule has 0 radical (unpaired) electrons. The Labute approximate surface area is 281 Å². The van der Waals surface area contributed by atoms with E-state index in [4.69, 9.17) is 13.9 Å². The third-order valence-electron chi connectivity index (χ3n) is 9.48. The second kappa shape index (κ2) is 11.8. The minimum Gasteiger partial charge on any atom is -0.456 e. The number of carbonyl (C=O) groups excluding carboxylic acids is 2. The van der Waals surface area contributed by atoms with Crippen LogP contribution in [0, 0.1) is 5.82 Å². The van der Waals surface area contributed by atoms with Gasteiger partial charge in [0.1, 0.15) is 33.5 Å². The van der Waals surface area contributed by atoms with Crippen molar-refractivity contribution in [2.75, 3.05) is 44.2 Å². The second-order valence-corrected chi connectivity index (χ2v) is 14.1. The van der Waals surface area contributed by atoms with Gasteiger partial charge in [-0.15, -0.1) is 0 Å². The number of alkyl carbamates (subject to hydrolysis) is 1. The number of aromatic nitrogens is 1. The number of para-hydroxylation sites is 1. The standard InChI is InChI=1S/C37H38FN5O6/c1-37(2,3)49-36(46)40-21-10-14-42(19-21)32-26(38)16-24-31-34(32)48-30-17-23-22-8-4-5-9-28(22)47-29(23)18-27(30)43(31)20-25(33(24)44)35(45)39-11-15-41-12-6-7-13-41/h4-5,8-9,16-18,20-21H,6-7,10-15,19H2,1-3H3,(H,39,45)(H,40,46). The number of carbonyl (C=O) groups is 2. The van der Waals surface area contributed by atoms with Gasteiger partial charge in [0.15, 0.2) is 17.3 Å². The minimum absolute atomic E-state index is 0.0291. The van der Waals surface area contributed by atoms with Gasteiger partial charge in [-0.25, -0.2) is 9.18 Å². The number of pyridine rings is 1. The second-order valence-electron chi connectivity index (χ2n) is 14.1. The number of hydrogen-bond donors (Lipinski definition) is 2. The number of amides is 2. The van der Waals surface area contributed by atoms with Crippen molar-refractivity contribution in [3.05, 3.63) is 70.3 Å². The zero-order valence-electron chi connectivity index (χ0n) is 27.7. The van der Waals surface area contributed by atoms with Crippen molar-refractivity contribution >= 4 is 50.5 Å². The van der Waals surface area contributed by atoms with E-state index in [1.54, 1.807) is 25.3 Å². The number of nitrogens with zero attached hydrogens (tertiary/aromatic N) is 3. The van der Waals surface area contributed by atoms with Gasteiger partial charge in [-0.2, -0.15) is 0 Å². The van der Waals surface area contributed by atoms with Crippen LogP contribution in [0.15, 0.2) is 57.9 Å². The van der Waals surface area contributed by atoms with Crippen LogP contribution < -0.4 is 25.7 Å². The van der Waals surface area contributed by atoms with E-state index >= 15 is 4.39 Å². The molecule has 0 spiro atoms. The average Bonchev–Trinajstić information content (AvgIpc) is 3.81. The van der Waals surface area contributed by atoms with Gasteiger partial charge in [-0.3, -0.25) is 9.59 Å². The summed E-state index contributed by atoms with van der Waals surface area (Å²) in [7, 11) is 0. The molecule has 8 rings (SSSR count). The summed E-state index contributed by atoms with van der Waals surface area (Å²) in [5, 5.41) is 7.53. The number of ether oxygens (including phenoxy) is 2. The topological polar surface area (TPSA) is 118 Å². The highest BCUT2D eigenvalue weighted by Crippen LogP contribution is 2.49. The van der Waals surface area contributed by atoms with E-state index in [-0.39, 0.29) is 28.4 Å². The minimum atomic E-state index is -0.658. The number of benzene rings is 3. The van der Waals surface area contributed by atoms with Crippen LogP contribution in [0.1, 0.15) is 50.4 Å². The monoisotopic (exact) mass is 667 g/mol. The van der Waals surface area contributed by atoms with Crippen molar-refractivity contribution in [1.82, 2.24) is 20.1 Å². The van der Waals surface area contributed by atoms with E-state index in [1.165, 1.54) is 12.3 Å². The van der Waals surface area contributed by atoms with Crippen molar-refractivity contribution in [1.29, 1.82) is 0 Å². The van der Waals surface area contributed by atoms with E-state index in [1.807, 2.05) is 41.3 Å². The molecule has 2 N–H and O–H groups in total. The highest BCUT2D eigenvalue weighted by Gasteiger charge is 2.35. The summed E-state index contributed by atoms with van der Waals surface area (Å²) in [4.78, 5) is 44.1. The fraction of sp³-hybridized carbons (Fsp3) is 0.378. The van der Waals surface area contributed by atoms with Crippen LogP contribution in [0.3, 0.4) is 0 Å². The first kappa shape index (κ1) is 31.2. The Bertz CT molecular complexity index is 2210. The number of hydrogen-bond acceptors (Lipinski definition) is 8. The molecule has 2 fully saturated rings. The smallest absolute Gasteiger partial charge is 0.407 e. The first-order valence-corrected chi connectivity index (χ1v) is 16.8. The van der Waals surface area contributed by atoms with Gasteiger partial charge < -0.3 is 38.9 Å². The number of likely N-dealkylation sites (tertiary alicyclic amines) is 1. The molecular weight excluding hydrogens is 629 g/mol. The maximum atomic E-state index is 16.4. The highest BCUT2D eigenvalue weighted by atomic mass is 19.1. The predicted molar refractivity (Wildman–Crippen MR) is 185 cm³/mol. The van der Waals surface area contributed by atoms with E-state index < -0.39 is 28.8 Å². The van der Waals surface area contributed by atoms with Crippen molar-refractivity contribution in [2.45, 2.75) is 51.7 Å². The van der Waals surface area contributed by atoms with E-state index in [0.29, 0.717) is 60.7 Å². The maximum Gasteiger partial charge on any atom is 0.407 e.